The fourth-order valence-electron chi connectivity index (χ4n) is 3.43. The molecular weight excluding hydrogens is 627 g/mol. The minimum absolute atomic E-state index is 0.213. The van der Waals surface area contributed by atoms with Crippen LogP contribution in [0.1, 0.15) is 18.1 Å². The maximum atomic E-state index is 12.9. The summed E-state index contributed by atoms with van der Waals surface area (Å²) in [6, 6.07) is 20.1. The number of hydrogen-bond acceptors (Lipinski definition) is 6. The third-order valence-corrected chi connectivity index (χ3v) is 7.15. The molecule has 4 rings (SSSR count). The second-order valence-electron chi connectivity index (χ2n) is 7.85. The van der Waals surface area contributed by atoms with Crippen LogP contribution in [0.25, 0.3) is 6.08 Å². The summed E-state index contributed by atoms with van der Waals surface area (Å²) < 4.78 is 12.9. The van der Waals surface area contributed by atoms with Crippen molar-refractivity contribution in [3.63, 3.8) is 0 Å². The number of nitrogens with zero attached hydrogens (tertiary/aromatic N) is 1. The molecule has 0 unspecified atom stereocenters. The number of carbonyl (C=O) groups excluding carboxylic acids is 3. The van der Waals surface area contributed by atoms with Gasteiger partial charge in [0.2, 0.25) is 5.91 Å². The molecule has 7 nitrogen and oxygen atoms in total. The first-order chi connectivity index (χ1) is 17.8. The molecule has 1 heterocycles. The molecule has 0 aromatic heterocycles. The van der Waals surface area contributed by atoms with Crippen molar-refractivity contribution >= 4 is 74.8 Å². The number of anilines is 1. The lowest BCUT2D eigenvalue weighted by Crippen LogP contribution is -2.36. The molecule has 0 radical (unpaired) electrons. The van der Waals surface area contributed by atoms with Crippen molar-refractivity contribution in [2.75, 3.05) is 18.5 Å². The Morgan fingerprint density at radius 3 is 2.54 bits per heavy atom. The van der Waals surface area contributed by atoms with Crippen molar-refractivity contribution in [3.05, 3.63) is 91.4 Å². The van der Waals surface area contributed by atoms with E-state index in [-0.39, 0.29) is 4.91 Å². The Labute approximate surface area is 237 Å². The zero-order valence-corrected chi connectivity index (χ0v) is 23.4. The topological polar surface area (TPSA) is 84.9 Å². The molecule has 0 atom stereocenters. The average molecular weight is 649 g/mol. The summed E-state index contributed by atoms with van der Waals surface area (Å²) in [5.74, 6) is 0.0354. The van der Waals surface area contributed by atoms with Gasteiger partial charge in [0.15, 0.2) is 11.5 Å². The first-order valence-electron chi connectivity index (χ1n) is 11.3. The number of thioether (sulfide) groups is 1. The Kier molecular flexibility index (Phi) is 9.12. The largest absolute Gasteiger partial charge is 0.490 e. The van der Waals surface area contributed by atoms with E-state index in [9.17, 15) is 14.4 Å². The number of carbonyl (C=O) groups is 3. The normalized spacial score (nSPS) is 14.2. The van der Waals surface area contributed by atoms with Gasteiger partial charge in [-0.15, -0.1) is 0 Å². The van der Waals surface area contributed by atoms with Gasteiger partial charge in [0.25, 0.3) is 11.1 Å². The van der Waals surface area contributed by atoms with Gasteiger partial charge in [0.05, 0.1) is 22.2 Å². The van der Waals surface area contributed by atoms with Crippen LogP contribution in [0, 0.1) is 3.57 Å². The first-order valence-corrected chi connectivity index (χ1v) is 13.5. The maximum Gasteiger partial charge on any atom is 0.294 e. The number of amides is 3. The lowest BCUT2D eigenvalue weighted by molar-refractivity contribution is -0.127. The predicted octanol–water partition coefficient (Wildman–Crippen LogP) is 6.60. The van der Waals surface area contributed by atoms with Gasteiger partial charge < -0.3 is 14.8 Å². The summed E-state index contributed by atoms with van der Waals surface area (Å²) in [4.78, 5) is 38.9. The predicted molar refractivity (Wildman–Crippen MR) is 154 cm³/mol. The van der Waals surface area contributed by atoms with E-state index in [0.717, 1.165) is 25.8 Å². The van der Waals surface area contributed by atoms with E-state index in [1.165, 1.54) is 0 Å². The smallest absolute Gasteiger partial charge is 0.294 e. The molecule has 1 saturated heterocycles. The quantitative estimate of drug-likeness (QED) is 0.208. The van der Waals surface area contributed by atoms with Crippen LogP contribution in [0.5, 0.6) is 11.5 Å². The third kappa shape index (κ3) is 7.06. The van der Waals surface area contributed by atoms with E-state index in [1.807, 2.05) is 31.2 Å². The van der Waals surface area contributed by atoms with Crippen LogP contribution in [0.3, 0.4) is 0 Å². The number of imide groups is 1. The summed E-state index contributed by atoms with van der Waals surface area (Å²) in [5, 5.41) is 2.46. The zero-order valence-electron chi connectivity index (χ0n) is 19.7. The minimum atomic E-state index is -0.540. The zero-order chi connectivity index (χ0) is 26.4. The van der Waals surface area contributed by atoms with E-state index in [4.69, 9.17) is 21.1 Å². The monoisotopic (exact) mass is 648 g/mol. The Morgan fingerprint density at radius 1 is 1.05 bits per heavy atom. The number of hydrogen-bond donors (Lipinski definition) is 1. The Morgan fingerprint density at radius 2 is 1.81 bits per heavy atom. The molecule has 0 spiro atoms. The molecular formula is C27H22ClIN2O5S. The van der Waals surface area contributed by atoms with Crippen LogP contribution >= 0.6 is 46.0 Å². The number of nitrogens with one attached hydrogen (secondary N) is 1. The van der Waals surface area contributed by atoms with Crippen molar-refractivity contribution in [1.29, 1.82) is 0 Å². The van der Waals surface area contributed by atoms with Gasteiger partial charge in [-0.3, -0.25) is 19.3 Å². The van der Waals surface area contributed by atoms with E-state index >= 15 is 0 Å². The molecule has 190 valence electrons. The molecule has 3 amide bonds. The standard InChI is InChI=1S/C27H22ClIN2O5S/c1-2-35-23-13-18(9-12-22(23)36-16-17-7-10-19(29)11-8-17)14-24-26(33)31(27(34)37-24)15-25(32)30-21-6-4-3-5-20(21)28/h3-14H,2,15-16H2,1H3,(H,30,32)/b24-14+. The number of rotatable bonds is 9. The lowest BCUT2D eigenvalue weighted by Gasteiger charge is -2.13. The molecule has 3 aromatic rings. The van der Waals surface area contributed by atoms with Gasteiger partial charge in [-0.2, -0.15) is 0 Å². The third-order valence-electron chi connectivity index (χ3n) is 5.20. The SMILES string of the molecule is CCOc1cc(/C=C2/SC(=O)N(CC(=O)Nc3ccccc3Cl)C2=O)ccc1OCc1ccc(I)cc1. The van der Waals surface area contributed by atoms with E-state index in [2.05, 4.69) is 27.9 Å². The molecule has 1 aliphatic rings. The molecule has 0 bridgehead atoms. The number of halogens is 2. The summed E-state index contributed by atoms with van der Waals surface area (Å²) in [6.07, 6.45) is 1.60. The van der Waals surface area contributed by atoms with Crippen LogP contribution in [-0.4, -0.2) is 35.1 Å². The second-order valence-corrected chi connectivity index (χ2v) is 10.5. The van der Waals surface area contributed by atoms with Crippen LogP contribution in [0.4, 0.5) is 10.5 Å². The summed E-state index contributed by atoms with van der Waals surface area (Å²) in [5.41, 5.74) is 2.10. The van der Waals surface area contributed by atoms with E-state index in [1.54, 1.807) is 48.5 Å². The van der Waals surface area contributed by atoms with Gasteiger partial charge in [0, 0.05) is 3.57 Å². The molecule has 0 aliphatic carbocycles. The van der Waals surface area contributed by atoms with Crippen molar-refractivity contribution in [1.82, 2.24) is 4.90 Å². The fraction of sp³-hybridized carbons (Fsp3) is 0.148. The van der Waals surface area contributed by atoms with Crippen LogP contribution in [0.2, 0.25) is 5.02 Å². The highest BCUT2D eigenvalue weighted by molar-refractivity contribution is 14.1. The maximum absolute atomic E-state index is 12.9. The van der Waals surface area contributed by atoms with Gasteiger partial charge >= 0.3 is 0 Å². The number of para-hydroxylation sites is 1. The Bertz CT molecular complexity index is 1360. The van der Waals surface area contributed by atoms with Crippen molar-refractivity contribution in [2.24, 2.45) is 0 Å². The highest BCUT2D eigenvalue weighted by atomic mass is 127. The lowest BCUT2D eigenvalue weighted by atomic mass is 10.1. The van der Waals surface area contributed by atoms with Crippen LogP contribution in [0.15, 0.2) is 71.6 Å². The average Bonchev–Trinajstić information content (AvgIpc) is 3.13. The number of benzene rings is 3. The van der Waals surface area contributed by atoms with Crippen LogP contribution in [-0.2, 0) is 16.2 Å². The van der Waals surface area contributed by atoms with E-state index in [0.29, 0.717) is 41.0 Å². The highest BCUT2D eigenvalue weighted by Gasteiger charge is 2.36. The molecule has 37 heavy (non-hydrogen) atoms. The van der Waals surface area contributed by atoms with Crippen molar-refractivity contribution < 1.29 is 23.9 Å². The molecule has 1 N–H and O–H groups in total. The van der Waals surface area contributed by atoms with Gasteiger partial charge in [0.1, 0.15) is 13.2 Å². The van der Waals surface area contributed by atoms with Crippen molar-refractivity contribution in [2.45, 2.75) is 13.5 Å². The summed E-state index contributed by atoms with van der Waals surface area (Å²) >= 11 is 9.09. The van der Waals surface area contributed by atoms with E-state index < -0.39 is 23.6 Å². The summed E-state index contributed by atoms with van der Waals surface area (Å²) in [7, 11) is 0. The molecule has 10 heteroatoms. The fourth-order valence-corrected chi connectivity index (χ4v) is 4.81. The van der Waals surface area contributed by atoms with Crippen LogP contribution < -0.4 is 14.8 Å². The van der Waals surface area contributed by atoms with Gasteiger partial charge in [-0.1, -0.05) is 41.9 Å². The number of ether oxygens (including phenoxy) is 2. The minimum Gasteiger partial charge on any atom is -0.490 e. The van der Waals surface area contributed by atoms with Crippen molar-refractivity contribution in [3.8, 4) is 11.5 Å². The highest BCUT2D eigenvalue weighted by Crippen LogP contribution is 2.35. The molecule has 3 aromatic carbocycles. The summed E-state index contributed by atoms with van der Waals surface area (Å²) in [6.45, 7) is 2.27. The van der Waals surface area contributed by atoms with Gasteiger partial charge in [-0.25, -0.2) is 0 Å². The first kappa shape index (κ1) is 27.0. The van der Waals surface area contributed by atoms with Gasteiger partial charge in [-0.05, 0) is 94.9 Å². The second kappa shape index (κ2) is 12.5. The molecule has 0 saturated carbocycles. The molecule has 1 fully saturated rings. The molecule has 1 aliphatic heterocycles. The Balaban J connectivity index is 1.45. The Hall–Kier alpha value is -3.02.